The molecule has 1 saturated heterocycles. The third-order valence-electron chi connectivity index (χ3n) is 1.91. The Morgan fingerprint density at radius 2 is 2.10 bits per heavy atom. The van der Waals surface area contributed by atoms with Crippen molar-refractivity contribution in [2.75, 3.05) is 20.4 Å². The zero-order valence-corrected chi connectivity index (χ0v) is 11.8. The van der Waals surface area contributed by atoms with Crippen molar-refractivity contribution < 1.29 is 13.3 Å². The summed E-state index contributed by atoms with van der Waals surface area (Å²) >= 11 is 0. The first-order valence-corrected chi connectivity index (χ1v) is 16.4. The monoisotopic (exact) mass is 210 g/mol. The average molecular weight is 210 g/mol. The van der Waals surface area contributed by atoms with E-state index in [2.05, 4.69) is 0 Å². The standard InChI is InChI=1S/C3H14O3Si4/c1-4-10(5-2)3-6-7-8-9-10/h3,7-9H2,1-2H3. The van der Waals surface area contributed by atoms with Gasteiger partial charge in [-0.15, -0.1) is 0 Å². The number of rotatable bonds is 2. The third-order valence-corrected chi connectivity index (χ3v) is 36.0. The van der Waals surface area contributed by atoms with Crippen molar-refractivity contribution >= 4 is 34.5 Å². The Morgan fingerprint density at radius 1 is 1.40 bits per heavy atom. The van der Waals surface area contributed by atoms with Gasteiger partial charge in [0.1, 0.15) is 9.28 Å². The van der Waals surface area contributed by atoms with Crippen molar-refractivity contribution in [3.8, 4) is 0 Å². The first-order valence-electron chi connectivity index (χ1n) is 3.51. The second-order valence-corrected chi connectivity index (χ2v) is 26.4. The third kappa shape index (κ3) is 1.87. The quantitative estimate of drug-likeness (QED) is 0.456. The Balaban J connectivity index is 2.44. The second-order valence-electron chi connectivity index (χ2n) is 2.48. The molecular weight excluding hydrogens is 196 g/mol. The van der Waals surface area contributed by atoms with Crippen LogP contribution in [-0.4, -0.2) is 54.9 Å². The second kappa shape index (κ2) is 3.95. The van der Waals surface area contributed by atoms with Gasteiger partial charge in [-0.1, -0.05) is 0 Å². The predicted octanol–water partition coefficient (Wildman–Crippen LogP) is -2.96. The van der Waals surface area contributed by atoms with Gasteiger partial charge >= 0.3 is 8.08 Å². The molecule has 0 atom stereocenters. The summed E-state index contributed by atoms with van der Waals surface area (Å²) in [6, 6.07) is 0. The van der Waals surface area contributed by atoms with Crippen LogP contribution in [0.25, 0.3) is 0 Å². The van der Waals surface area contributed by atoms with E-state index in [9.17, 15) is 0 Å². The lowest BCUT2D eigenvalue weighted by atomic mass is 11.7. The van der Waals surface area contributed by atoms with Crippen LogP contribution in [0.1, 0.15) is 0 Å². The SMILES string of the molecule is CO[Si]1(OC)CO[SiH2][SiH2][SiH2]1. The van der Waals surface area contributed by atoms with Crippen LogP contribution in [0.4, 0.5) is 0 Å². The molecule has 1 heterocycles. The van der Waals surface area contributed by atoms with Gasteiger partial charge in [0.15, 0.2) is 0 Å². The number of hydrogen-bond acceptors (Lipinski definition) is 3. The van der Waals surface area contributed by atoms with E-state index in [0.29, 0.717) is 0 Å². The van der Waals surface area contributed by atoms with Crippen LogP contribution in [0.15, 0.2) is 0 Å². The summed E-state index contributed by atoms with van der Waals surface area (Å²) in [4.78, 5) is 0. The molecule has 0 bridgehead atoms. The normalized spacial score (nSPS) is 31.8. The Morgan fingerprint density at radius 3 is 2.40 bits per heavy atom. The lowest BCUT2D eigenvalue weighted by Crippen LogP contribution is -2.59. The van der Waals surface area contributed by atoms with Gasteiger partial charge in [-0.05, 0) is 0 Å². The van der Waals surface area contributed by atoms with Gasteiger partial charge < -0.3 is 13.3 Å². The van der Waals surface area contributed by atoms with Crippen LogP contribution in [0.3, 0.4) is 0 Å². The van der Waals surface area contributed by atoms with Gasteiger partial charge in [0.25, 0.3) is 0 Å². The van der Waals surface area contributed by atoms with Crippen molar-refractivity contribution in [3.05, 3.63) is 0 Å². The van der Waals surface area contributed by atoms with E-state index >= 15 is 0 Å². The minimum atomic E-state index is -1.62. The predicted molar refractivity (Wildman–Crippen MR) is 51.4 cm³/mol. The molecule has 0 aliphatic carbocycles. The van der Waals surface area contributed by atoms with E-state index in [1.807, 2.05) is 0 Å². The van der Waals surface area contributed by atoms with Crippen LogP contribution in [0.2, 0.25) is 0 Å². The fraction of sp³-hybridized carbons (Fsp3) is 1.00. The highest BCUT2D eigenvalue weighted by Gasteiger charge is 2.37. The minimum absolute atomic E-state index is 0.00363. The van der Waals surface area contributed by atoms with Crippen molar-refractivity contribution in [2.24, 2.45) is 0 Å². The van der Waals surface area contributed by atoms with E-state index in [4.69, 9.17) is 13.3 Å². The first-order chi connectivity index (χ1) is 4.83. The fourth-order valence-electron chi connectivity index (χ4n) is 1.15. The topological polar surface area (TPSA) is 27.7 Å². The maximum absolute atomic E-state index is 5.51. The molecule has 1 fully saturated rings. The summed E-state index contributed by atoms with van der Waals surface area (Å²) in [7, 11) is 2.28. The Labute approximate surface area is 68.6 Å². The molecule has 0 N–H and O–H groups in total. The maximum atomic E-state index is 5.51. The van der Waals surface area contributed by atoms with Crippen LogP contribution < -0.4 is 0 Å². The van der Waals surface area contributed by atoms with Crippen LogP contribution in [0, 0.1) is 0 Å². The molecule has 0 spiro atoms. The molecule has 0 aromatic heterocycles. The molecule has 10 heavy (non-hydrogen) atoms. The van der Waals surface area contributed by atoms with E-state index in [1.165, 1.54) is 0 Å². The molecule has 7 heteroatoms. The summed E-state index contributed by atoms with van der Waals surface area (Å²) < 4.78 is 16.4. The average Bonchev–Trinajstić information content (AvgIpc) is 2.06. The maximum Gasteiger partial charge on any atom is 0.329 e. The van der Waals surface area contributed by atoms with E-state index in [1.54, 1.807) is 14.2 Å². The van der Waals surface area contributed by atoms with Crippen LogP contribution >= 0.6 is 0 Å². The summed E-state index contributed by atoms with van der Waals surface area (Å²) in [6.07, 6.45) is 0.853. The van der Waals surface area contributed by atoms with Gasteiger partial charge in [0.05, 0.1) is 14.8 Å². The Hall–Kier alpha value is 0.748. The number of hydrogen-bond donors (Lipinski definition) is 0. The highest BCUT2D eigenvalue weighted by Crippen LogP contribution is 2.05. The molecule has 0 saturated carbocycles. The minimum Gasteiger partial charge on any atom is -0.427 e. The van der Waals surface area contributed by atoms with Gasteiger partial charge in [-0.3, -0.25) is 0 Å². The zero-order chi connectivity index (χ0) is 7.45. The highest BCUT2D eigenvalue weighted by molar-refractivity contribution is 7.51. The lowest BCUT2D eigenvalue weighted by Gasteiger charge is -2.30. The first kappa shape index (κ1) is 8.84. The molecule has 0 aromatic rings. The molecule has 1 aliphatic rings. The molecule has 3 nitrogen and oxygen atoms in total. The van der Waals surface area contributed by atoms with E-state index < -0.39 is 8.08 Å². The molecule has 1 rings (SSSR count). The van der Waals surface area contributed by atoms with Crippen molar-refractivity contribution in [1.29, 1.82) is 0 Å². The Kier molecular flexibility index (Phi) is 3.49. The Bertz CT molecular complexity index is 97.9. The lowest BCUT2D eigenvalue weighted by molar-refractivity contribution is 0.229. The molecule has 0 amide bonds. The highest BCUT2D eigenvalue weighted by atomic mass is 29.7. The van der Waals surface area contributed by atoms with Crippen molar-refractivity contribution in [3.63, 3.8) is 0 Å². The van der Waals surface area contributed by atoms with Crippen LogP contribution in [0.5, 0.6) is 0 Å². The fourth-order valence-corrected chi connectivity index (χ4v) is 43.1. The molecule has 60 valence electrons. The zero-order valence-electron chi connectivity index (χ0n) is 6.55. The van der Waals surface area contributed by atoms with Gasteiger partial charge in [0.2, 0.25) is 0 Å². The smallest absolute Gasteiger partial charge is 0.329 e. The van der Waals surface area contributed by atoms with Crippen LogP contribution in [-0.2, 0) is 13.3 Å². The molecule has 0 unspecified atom stereocenters. The van der Waals surface area contributed by atoms with Gasteiger partial charge in [-0.2, -0.15) is 0 Å². The summed E-state index contributed by atoms with van der Waals surface area (Å²) in [6.45, 7) is 0. The van der Waals surface area contributed by atoms with Crippen molar-refractivity contribution in [1.82, 2.24) is 0 Å². The summed E-state index contributed by atoms with van der Waals surface area (Å²) in [5, 5.41) is 0. The van der Waals surface area contributed by atoms with Gasteiger partial charge in [-0.25, -0.2) is 0 Å². The summed E-state index contributed by atoms with van der Waals surface area (Å²) in [5.74, 6) is 0. The molecular formula is C3H14O3Si4. The molecule has 0 aromatic carbocycles. The van der Waals surface area contributed by atoms with Gasteiger partial charge in [0, 0.05) is 22.8 Å². The largest absolute Gasteiger partial charge is 0.427 e. The van der Waals surface area contributed by atoms with E-state index in [0.717, 1.165) is 6.23 Å². The van der Waals surface area contributed by atoms with Crippen molar-refractivity contribution in [2.45, 2.75) is 0 Å². The molecule has 0 radical (unpaired) electrons. The van der Waals surface area contributed by atoms with E-state index in [-0.39, 0.29) is 26.4 Å². The summed E-state index contributed by atoms with van der Waals surface area (Å²) in [5.41, 5.74) is 0. The molecule has 1 aliphatic heterocycles.